The third kappa shape index (κ3) is 3.11. The molecule has 1 aromatic carbocycles. The van der Waals surface area contributed by atoms with Gasteiger partial charge >= 0.3 is 6.18 Å². The van der Waals surface area contributed by atoms with Gasteiger partial charge in [-0.25, -0.2) is 9.97 Å². The minimum atomic E-state index is -4.48. The molecule has 3 heterocycles. The van der Waals surface area contributed by atoms with Gasteiger partial charge in [0.2, 0.25) is 0 Å². The summed E-state index contributed by atoms with van der Waals surface area (Å²) in [7, 11) is 0. The Bertz CT molecular complexity index is 1190. The quantitative estimate of drug-likeness (QED) is 0.495. The number of nitrogens with zero attached hydrogens (tertiary/aromatic N) is 5. The molecule has 1 unspecified atom stereocenters. The molecule has 4 aromatic rings. The van der Waals surface area contributed by atoms with E-state index in [1.165, 1.54) is 18.2 Å². The largest absolute Gasteiger partial charge is 0.481 e. The minimum absolute atomic E-state index is 0.0176. The third-order valence-electron chi connectivity index (χ3n) is 4.21. The number of rotatable bonds is 3. The molecule has 0 N–H and O–H groups in total. The highest BCUT2D eigenvalue weighted by Crippen LogP contribution is 2.33. The van der Waals surface area contributed by atoms with Crippen molar-refractivity contribution in [2.45, 2.75) is 26.1 Å². The molecule has 0 amide bonds. The van der Waals surface area contributed by atoms with E-state index in [2.05, 4.69) is 20.2 Å². The van der Waals surface area contributed by atoms with Crippen LogP contribution in [-0.4, -0.2) is 36.8 Å². The molecule has 0 aliphatic carbocycles. The molecule has 0 fully saturated rings. The standard InChI is InChI=1S/C18H13ClF3N5O/c1-9-15-25-26-16(27(15)17-14(24-9)4-3-7-23-17)12-8-11(5-6-13(12)19)28-10(2)18(20,21)22/h3-8,10H,1-2H3. The lowest BCUT2D eigenvalue weighted by atomic mass is 10.2. The summed E-state index contributed by atoms with van der Waals surface area (Å²) in [6, 6.07) is 7.79. The zero-order valence-corrected chi connectivity index (χ0v) is 15.5. The molecule has 0 radical (unpaired) electrons. The smallest absolute Gasteiger partial charge is 0.425 e. The molecule has 0 aliphatic rings. The van der Waals surface area contributed by atoms with Gasteiger partial charge in [-0.05, 0) is 44.2 Å². The fourth-order valence-electron chi connectivity index (χ4n) is 2.79. The van der Waals surface area contributed by atoms with Crippen LogP contribution in [0.15, 0.2) is 36.5 Å². The van der Waals surface area contributed by atoms with Crippen molar-refractivity contribution < 1.29 is 17.9 Å². The Hall–Kier alpha value is -2.94. The lowest BCUT2D eigenvalue weighted by Gasteiger charge is -2.18. The van der Waals surface area contributed by atoms with Crippen LogP contribution in [0.5, 0.6) is 5.75 Å². The van der Waals surface area contributed by atoms with Crippen molar-refractivity contribution in [1.29, 1.82) is 0 Å². The van der Waals surface area contributed by atoms with Gasteiger partial charge in [-0.15, -0.1) is 10.2 Å². The summed E-state index contributed by atoms with van der Waals surface area (Å²) in [5.74, 6) is 0.350. The highest BCUT2D eigenvalue weighted by atomic mass is 35.5. The summed E-state index contributed by atoms with van der Waals surface area (Å²) in [5, 5.41) is 8.62. The Labute approximate surface area is 162 Å². The zero-order chi connectivity index (χ0) is 20.1. The first-order chi connectivity index (χ1) is 13.3. The maximum atomic E-state index is 12.8. The summed E-state index contributed by atoms with van der Waals surface area (Å²) in [6.45, 7) is 2.72. The average Bonchev–Trinajstić information content (AvgIpc) is 3.08. The molecule has 10 heteroatoms. The van der Waals surface area contributed by atoms with Crippen LogP contribution in [0.3, 0.4) is 0 Å². The van der Waals surface area contributed by atoms with Crippen LogP contribution in [0.25, 0.3) is 28.2 Å². The number of aryl methyl sites for hydroxylation is 1. The Morgan fingerprint density at radius 1 is 1.14 bits per heavy atom. The number of benzene rings is 1. The van der Waals surface area contributed by atoms with Crippen LogP contribution < -0.4 is 4.74 Å². The molecule has 1 atom stereocenters. The first-order valence-electron chi connectivity index (χ1n) is 8.25. The summed E-state index contributed by atoms with van der Waals surface area (Å²) < 4.78 is 45.2. The van der Waals surface area contributed by atoms with Crippen molar-refractivity contribution in [3.8, 4) is 17.1 Å². The van der Waals surface area contributed by atoms with Crippen molar-refractivity contribution >= 4 is 28.4 Å². The maximum absolute atomic E-state index is 12.8. The molecule has 0 aliphatic heterocycles. The van der Waals surface area contributed by atoms with E-state index in [1.807, 2.05) is 0 Å². The van der Waals surface area contributed by atoms with Crippen LogP contribution in [0.4, 0.5) is 13.2 Å². The molecule has 28 heavy (non-hydrogen) atoms. The normalized spacial score (nSPS) is 13.2. The van der Waals surface area contributed by atoms with Crippen LogP contribution in [0.2, 0.25) is 5.02 Å². The fraction of sp³-hybridized carbons (Fsp3) is 0.222. The van der Waals surface area contributed by atoms with Gasteiger partial charge in [0.1, 0.15) is 11.3 Å². The second-order valence-corrected chi connectivity index (χ2v) is 6.58. The molecule has 6 nitrogen and oxygen atoms in total. The Kier molecular flexibility index (Phi) is 4.34. The second kappa shape index (κ2) is 6.59. The van der Waals surface area contributed by atoms with Gasteiger partial charge in [-0.3, -0.25) is 4.40 Å². The molecule has 0 spiro atoms. The summed E-state index contributed by atoms with van der Waals surface area (Å²) in [5.41, 5.74) is 2.62. The summed E-state index contributed by atoms with van der Waals surface area (Å²) in [4.78, 5) is 8.79. The van der Waals surface area contributed by atoms with Crippen molar-refractivity contribution in [2.24, 2.45) is 0 Å². The van der Waals surface area contributed by atoms with Gasteiger partial charge in [0.05, 0.1) is 10.7 Å². The molecule has 144 valence electrons. The minimum Gasteiger partial charge on any atom is -0.481 e. The summed E-state index contributed by atoms with van der Waals surface area (Å²) in [6.07, 6.45) is -4.84. The average molecular weight is 408 g/mol. The van der Waals surface area contributed by atoms with Gasteiger partial charge in [0, 0.05) is 11.8 Å². The van der Waals surface area contributed by atoms with E-state index in [-0.39, 0.29) is 5.75 Å². The molecular formula is C18H13ClF3N5O. The first-order valence-corrected chi connectivity index (χ1v) is 8.63. The number of ether oxygens (including phenoxy) is 1. The predicted molar refractivity (Wildman–Crippen MR) is 97.4 cm³/mol. The monoisotopic (exact) mass is 407 g/mol. The first kappa shape index (κ1) is 18.4. The zero-order valence-electron chi connectivity index (χ0n) is 14.7. The predicted octanol–water partition coefficient (Wildman–Crippen LogP) is 4.63. The number of alkyl halides is 3. The number of pyridine rings is 1. The highest BCUT2D eigenvalue weighted by Gasteiger charge is 2.38. The molecule has 0 bridgehead atoms. The van der Waals surface area contributed by atoms with Crippen LogP contribution >= 0.6 is 11.6 Å². The van der Waals surface area contributed by atoms with Crippen LogP contribution in [-0.2, 0) is 0 Å². The number of hydrogen-bond acceptors (Lipinski definition) is 5. The van der Waals surface area contributed by atoms with Gasteiger partial charge in [-0.2, -0.15) is 13.2 Å². The number of fused-ring (bicyclic) bond motifs is 3. The summed E-state index contributed by atoms with van der Waals surface area (Å²) >= 11 is 6.31. The Morgan fingerprint density at radius 2 is 1.93 bits per heavy atom. The van der Waals surface area contributed by atoms with E-state index in [0.29, 0.717) is 38.9 Å². The van der Waals surface area contributed by atoms with Gasteiger partial charge < -0.3 is 4.74 Å². The lowest BCUT2D eigenvalue weighted by Crippen LogP contribution is -2.31. The highest BCUT2D eigenvalue weighted by molar-refractivity contribution is 6.33. The number of aromatic nitrogens is 5. The molecule has 4 rings (SSSR count). The SMILES string of the molecule is Cc1nc2cccnc2n2c(-c3cc(OC(C)C(F)(F)F)ccc3Cl)nnc12. The molecule has 0 saturated carbocycles. The Morgan fingerprint density at radius 3 is 2.68 bits per heavy atom. The van der Waals surface area contributed by atoms with E-state index in [4.69, 9.17) is 16.3 Å². The van der Waals surface area contributed by atoms with Gasteiger partial charge in [-0.1, -0.05) is 11.6 Å². The van der Waals surface area contributed by atoms with Gasteiger partial charge in [0.15, 0.2) is 23.2 Å². The fourth-order valence-corrected chi connectivity index (χ4v) is 2.99. The van der Waals surface area contributed by atoms with E-state index < -0.39 is 12.3 Å². The second-order valence-electron chi connectivity index (χ2n) is 6.17. The van der Waals surface area contributed by atoms with Crippen molar-refractivity contribution in [1.82, 2.24) is 24.6 Å². The number of hydrogen-bond donors (Lipinski definition) is 0. The molecule has 0 saturated heterocycles. The lowest BCUT2D eigenvalue weighted by molar-refractivity contribution is -0.189. The number of halogens is 4. The van der Waals surface area contributed by atoms with E-state index >= 15 is 0 Å². The topological polar surface area (TPSA) is 65.2 Å². The Balaban J connectivity index is 1.90. The van der Waals surface area contributed by atoms with E-state index in [1.54, 1.807) is 29.7 Å². The maximum Gasteiger partial charge on any atom is 0.425 e. The third-order valence-corrected chi connectivity index (χ3v) is 4.53. The van der Waals surface area contributed by atoms with Gasteiger partial charge in [0.25, 0.3) is 0 Å². The van der Waals surface area contributed by atoms with Crippen molar-refractivity contribution in [3.05, 3.63) is 47.2 Å². The molecular weight excluding hydrogens is 395 g/mol. The van der Waals surface area contributed by atoms with Crippen molar-refractivity contribution in [2.75, 3.05) is 0 Å². The van der Waals surface area contributed by atoms with Crippen LogP contribution in [0.1, 0.15) is 12.6 Å². The van der Waals surface area contributed by atoms with E-state index in [0.717, 1.165) is 6.92 Å². The molecule has 3 aromatic heterocycles. The van der Waals surface area contributed by atoms with Crippen LogP contribution in [0, 0.1) is 6.92 Å². The van der Waals surface area contributed by atoms with E-state index in [9.17, 15) is 13.2 Å². The van der Waals surface area contributed by atoms with Crippen molar-refractivity contribution in [3.63, 3.8) is 0 Å².